The third kappa shape index (κ3) is 2.22. The summed E-state index contributed by atoms with van der Waals surface area (Å²) in [6.07, 6.45) is 1.66. The first kappa shape index (κ1) is 12.2. The minimum absolute atomic E-state index is 0.174. The number of benzene rings is 1. The maximum Gasteiger partial charge on any atom is 0.247 e. The van der Waals surface area contributed by atoms with Crippen molar-refractivity contribution in [3.05, 3.63) is 35.9 Å². The Morgan fingerprint density at radius 2 is 2.00 bits per heavy atom. The number of amides is 2. The number of hydrogen-bond acceptors (Lipinski definition) is 3. The first-order chi connectivity index (χ1) is 8.19. The van der Waals surface area contributed by atoms with E-state index in [0.717, 1.165) is 18.4 Å². The van der Waals surface area contributed by atoms with Gasteiger partial charge in [0.05, 0.1) is 5.75 Å². The zero-order valence-corrected chi connectivity index (χ0v) is 10.5. The fourth-order valence-corrected chi connectivity index (χ4v) is 3.40. The zero-order valence-electron chi connectivity index (χ0n) is 9.73. The second kappa shape index (κ2) is 4.92. The van der Waals surface area contributed by atoms with Crippen LogP contribution < -0.4 is 5.32 Å². The molecule has 0 aliphatic carbocycles. The van der Waals surface area contributed by atoms with Crippen molar-refractivity contribution in [2.75, 3.05) is 5.75 Å². The average Bonchev–Trinajstić information content (AvgIpc) is 2.34. The van der Waals surface area contributed by atoms with E-state index in [1.165, 1.54) is 11.8 Å². The standard InChI is InChI=1S/C13H15NO2S/c1-2-8-13(10-6-4-3-5-7-10)12(16)14-11(15)9-17-13/h3-7H,2,8-9H2,1H3,(H,14,15,16). The van der Waals surface area contributed by atoms with Gasteiger partial charge >= 0.3 is 0 Å². The van der Waals surface area contributed by atoms with Gasteiger partial charge in [0.15, 0.2) is 0 Å². The maximum atomic E-state index is 12.2. The van der Waals surface area contributed by atoms with E-state index in [1.54, 1.807) is 0 Å². The zero-order chi connectivity index (χ0) is 12.3. The second-order valence-corrected chi connectivity index (χ2v) is 5.38. The topological polar surface area (TPSA) is 46.2 Å². The maximum absolute atomic E-state index is 12.2. The van der Waals surface area contributed by atoms with E-state index in [9.17, 15) is 9.59 Å². The lowest BCUT2D eigenvalue weighted by molar-refractivity contribution is -0.131. The number of rotatable bonds is 3. The molecule has 1 fully saturated rings. The van der Waals surface area contributed by atoms with Gasteiger partial charge in [-0.1, -0.05) is 43.7 Å². The molecule has 0 spiro atoms. The summed E-state index contributed by atoms with van der Waals surface area (Å²) in [7, 11) is 0. The van der Waals surface area contributed by atoms with Gasteiger partial charge in [0, 0.05) is 0 Å². The lowest BCUT2D eigenvalue weighted by atomic mass is 9.92. The van der Waals surface area contributed by atoms with Crippen molar-refractivity contribution in [3.63, 3.8) is 0 Å². The van der Waals surface area contributed by atoms with Crippen LogP contribution in [-0.2, 0) is 14.3 Å². The van der Waals surface area contributed by atoms with Gasteiger partial charge in [-0.2, -0.15) is 0 Å². The van der Waals surface area contributed by atoms with Crippen LogP contribution in [0.3, 0.4) is 0 Å². The van der Waals surface area contributed by atoms with Gasteiger partial charge in [0.25, 0.3) is 0 Å². The highest BCUT2D eigenvalue weighted by Crippen LogP contribution is 2.42. The molecule has 2 rings (SSSR count). The molecule has 17 heavy (non-hydrogen) atoms. The van der Waals surface area contributed by atoms with Crippen LogP contribution in [0.25, 0.3) is 0 Å². The van der Waals surface area contributed by atoms with Gasteiger partial charge in [-0.3, -0.25) is 14.9 Å². The van der Waals surface area contributed by atoms with E-state index in [0.29, 0.717) is 5.75 Å². The molecule has 4 heteroatoms. The van der Waals surface area contributed by atoms with E-state index in [-0.39, 0.29) is 11.8 Å². The minimum Gasteiger partial charge on any atom is -0.294 e. The van der Waals surface area contributed by atoms with E-state index in [1.807, 2.05) is 30.3 Å². The van der Waals surface area contributed by atoms with Gasteiger partial charge in [-0.25, -0.2) is 0 Å². The van der Waals surface area contributed by atoms with Crippen LogP contribution >= 0.6 is 11.8 Å². The molecule has 90 valence electrons. The Morgan fingerprint density at radius 1 is 1.29 bits per heavy atom. The molecule has 1 aromatic rings. The predicted molar refractivity (Wildman–Crippen MR) is 68.6 cm³/mol. The Morgan fingerprint density at radius 3 is 2.59 bits per heavy atom. The third-order valence-corrected chi connectivity index (χ3v) is 4.44. The summed E-state index contributed by atoms with van der Waals surface area (Å²) in [5, 5.41) is 2.45. The summed E-state index contributed by atoms with van der Waals surface area (Å²) in [6, 6.07) is 9.70. The predicted octanol–water partition coefficient (Wildman–Crippen LogP) is 2.07. The van der Waals surface area contributed by atoms with Crippen LogP contribution in [0.4, 0.5) is 0 Å². The molecule has 0 saturated carbocycles. The molecule has 1 saturated heterocycles. The number of hydrogen-bond donors (Lipinski definition) is 1. The molecule has 1 heterocycles. The Bertz CT molecular complexity index is 432. The summed E-state index contributed by atoms with van der Waals surface area (Å²) >= 11 is 1.44. The van der Waals surface area contributed by atoms with Crippen LogP contribution in [0, 0.1) is 0 Å². The van der Waals surface area contributed by atoms with E-state index >= 15 is 0 Å². The Kier molecular flexibility index (Phi) is 3.52. The fourth-order valence-electron chi connectivity index (χ4n) is 2.12. The molecule has 0 radical (unpaired) electrons. The van der Waals surface area contributed by atoms with Crippen molar-refractivity contribution in [1.82, 2.24) is 5.32 Å². The van der Waals surface area contributed by atoms with Crippen LogP contribution in [0.2, 0.25) is 0 Å². The number of carbonyl (C=O) groups excluding carboxylic acids is 2. The van der Waals surface area contributed by atoms with Crippen LogP contribution in [0.15, 0.2) is 30.3 Å². The van der Waals surface area contributed by atoms with Gasteiger partial charge in [0.2, 0.25) is 11.8 Å². The monoisotopic (exact) mass is 249 g/mol. The number of thioether (sulfide) groups is 1. The van der Waals surface area contributed by atoms with Crippen molar-refractivity contribution in [2.45, 2.75) is 24.5 Å². The highest BCUT2D eigenvalue weighted by molar-refractivity contribution is 8.01. The van der Waals surface area contributed by atoms with Crippen molar-refractivity contribution in [3.8, 4) is 0 Å². The third-order valence-electron chi connectivity index (χ3n) is 2.91. The van der Waals surface area contributed by atoms with E-state index < -0.39 is 4.75 Å². The molecule has 1 aliphatic rings. The first-order valence-corrected chi connectivity index (χ1v) is 6.71. The molecule has 1 aliphatic heterocycles. The Labute approximate surface area is 105 Å². The lowest BCUT2D eigenvalue weighted by Gasteiger charge is -2.34. The molecule has 1 N–H and O–H groups in total. The molecule has 0 bridgehead atoms. The van der Waals surface area contributed by atoms with Gasteiger partial charge < -0.3 is 0 Å². The van der Waals surface area contributed by atoms with E-state index in [4.69, 9.17) is 0 Å². The molecule has 0 aromatic heterocycles. The smallest absolute Gasteiger partial charge is 0.247 e. The Hall–Kier alpha value is -1.29. The molecule has 1 aromatic carbocycles. The molecular formula is C13H15NO2S. The second-order valence-electron chi connectivity index (χ2n) is 4.11. The van der Waals surface area contributed by atoms with Crippen molar-refractivity contribution in [1.29, 1.82) is 0 Å². The van der Waals surface area contributed by atoms with Crippen molar-refractivity contribution >= 4 is 23.6 Å². The summed E-state index contributed by atoms with van der Waals surface area (Å²) < 4.78 is -0.593. The SMILES string of the molecule is CCCC1(c2ccccc2)SCC(=O)NC1=O. The average molecular weight is 249 g/mol. The summed E-state index contributed by atoms with van der Waals surface area (Å²) in [5.74, 6) is -0.0184. The van der Waals surface area contributed by atoms with Gasteiger partial charge in [0.1, 0.15) is 4.75 Å². The van der Waals surface area contributed by atoms with Crippen LogP contribution in [0.1, 0.15) is 25.3 Å². The number of imide groups is 1. The Balaban J connectivity index is 2.39. The number of carbonyl (C=O) groups is 2. The highest BCUT2D eigenvalue weighted by atomic mass is 32.2. The largest absolute Gasteiger partial charge is 0.294 e. The summed E-state index contributed by atoms with van der Waals surface area (Å²) in [4.78, 5) is 23.4. The summed E-state index contributed by atoms with van der Waals surface area (Å²) in [6.45, 7) is 2.05. The van der Waals surface area contributed by atoms with Crippen LogP contribution in [0.5, 0.6) is 0 Å². The van der Waals surface area contributed by atoms with Crippen LogP contribution in [-0.4, -0.2) is 17.6 Å². The lowest BCUT2D eigenvalue weighted by Crippen LogP contribution is -2.50. The van der Waals surface area contributed by atoms with Crippen molar-refractivity contribution < 1.29 is 9.59 Å². The first-order valence-electron chi connectivity index (χ1n) is 5.73. The minimum atomic E-state index is -0.593. The molecule has 2 amide bonds. The van der Waals surface area contributed by atoms with Gasteiger partial charge in [-0.05, 0) is 12.0 Å². The molecule has 3 nitrogen and oxygen atoms in total. The molecular weight excluding hydrogens is 234 g/mol. The number of nitrogens with one attached hydrogen (secondary N) is 1. The molecule has 1 unspecified atom stereocenters. The van der Waals surface area contributed by atoms with Gasteiger partial charge in [-0.15, -0.1) is 11.8 Å². The highest BCUT2D eigenvalue weighted by Gasteiger charge is 2.44. The fraction of sp³-hybridized carbons (Fsp3) is 0.385. The van der Waals surface area contributed by atoms with Crippen molar-refractivity contribution in [2.24, 2.45) is 0 Å². The normalized spacial score (nSPS) is 24.5. The van der Waals surface area contributed by atoms with E-state index in [2.05, 4.69) is 12.2 Å². The summed E-state index contributed by atoms with van der Waals surface area (Å²) in [5.41, 5.74) is 0.983. The molecule has 1 atom stereocenters. The quantitative estimate of drug-likeness (QED) is 0.834.